The van der Waals surface area contributed by atoms with Gasteiger partial charge in [0.15, 0.2) is 5.78 Å². The van der Waals surface area contributed by atoms with E-state index in [1.54, 1.807) is 41.5 Å². The number of carbonyl (C=O) groups excluding carboxylic acids is 5. The number of aliphatic hydroxyl groups is 1. The highest BCUT2D eigenvalue weighted by molar-refractivity contribution is 7.90. The second-order valence-corrected chi connectivity index (χ2v) is 17.9. The summed E-state index contributed by atoms with van der Waals surface area (Å²) in [6.45, 7) is 17.4. The summed E-state index contributed by atoms with van der Waals surface area (Å²) >= 11 is 0. The molecule has 0 unspecified atom stereocenters. The molecule has 296 valence electrons. The minimum Gasteiger partial charge on any atom is -0.444 e. The van der Waals surface area contributed by atoms with Crippen LogP contribution in [0.4, 0.5) is 4.79 Å². The standard InChI is InChI=1S/C37H63N5O9S/c1-22(2)17-27(29(43)18-25(7)33(45)41-31(23(3)4)34(46)39-19-26-15-13-12-14-16-26)38-20-30(44)28(21-52(11,49)50)40-35(47)32(24(5)6)42-36(48)51-37(8,9)10/h12-16,22-25,27-29,31-32,38,43H,17-21H2,1-11H3,(H,39,46)(H,40,47)(H,41,45)(H,42,48)/t25-,27+,28+,29+,31-,32+/m1/s1. The molecular formula is C37H63N5O9S. The Labute approximate surface area is 310 Å². The molecule has 6 N–H and O–H groups in total. The Balaban J connectivity index is 3.00. The smallest absolute Gasteiger partial charge is 0.408 e. The van der Waals surface area contributed by atoms with Crippen molar-refractivity contribution in [2.24, 2.45) is 23.7 Å². The fraction of sp³-hybridized carbons (Fsp3) is 0.703. The normalized spacial score (nSPS) is 15.6. The van der Waals surface area contributed by atoms with Gasteiger partial charge in [0.05, 0.1) is 18.4 Å². The van der Waals surface area contributed by atoms with Crippen molar-refractivity contribution in [3.8, 4) is 0 Å². The Morgan fingerprint density at radius 2 is 1.35 bits per heavy atom. The van der Waals surface area contributed by atoms with E-state index in [0.717, 1.165) is 11.8 Å². The first-order valence-electron chi connectivity index (χ1n) is 17.9. The molecule has 0 saturated heterocycles. The minimum atomic E-state index is -3.74. The molecule has 1 aromatic rings. The molecule has 6 atom stereocenters. The molecule has 0 radical (unpaired) electrons. The maximum atomic E-state index is 13.5. The van der Waals surface area contributed by atoms with E-state index in [4.69, 9.17) is 4.74 Å². The predicted molar refractivity (Wildman–Crippen MR) is 201 cm³/mol. The molecule has 14 nitrogen and oxygen atoms in total. The maximum Gasteiger partial charge on any atom is 0.408 e. The molecule has 15 heteroatoms. The lowest BCUT2D eigenvalue weighted by Gasteiger charge is -2.29. The monoisotopic (exact) mass is 753 g/mol. The largest absolute Gasteiger partial charge is 0.444 e. The first-order valence-corrected chi connectivity index (χ1v) is 20.0. The molecule has 0 bridgehead atoms. The highest BCUT2D eigenvalue weighted by Crippen LogP contribution is 2.17. The Hall–Kier alpha value is -3.56. The third-order valence-electron chi connectivity index (χ3n) is 8.12. The van der Waals surface area contributed by atoms with Crippen LogP contribution >= 0.6 is 0 Å². The van der Waals surface area contributed by atoms with Crippen LogP contribution in [0.25, 0.3) is 0 Å². The second-order valence-electron chi connectivity index (χ2n) is 15.7. The van der Waals surface area contributed by atoms with Gasteiger partial charge in [-0.25, -0.2) is 13.2 Å². The summed E-state index contributed by atoms with van der Waals surface area (Å²) in [5.41, 5.74) is 0.0972. The number of ketones is 1. The van der Waals surface area contributed by atoms with Crippen LogP contribution in [0.1, 0.15) is 87.6 Å². The number of nitrogens with one attached hydrogen (secondary N) is 5. The molecule has 0 saturated carbocycles. The lowest BCUT2D eigenvalue weighted by Crippen LogP contribution is -2.57. The van der Waals surface area contributed by atoms with Gasteiger partial charge >= 0.3 is 6.09 Å². The van der Waals surface area contributed by atoms with Crippen molar-refractivity contribution in [2.45, 2.75) is 124 Å². The summed E-state index contributed by atoms with van der Waals surface area (Å²) in [4.78, 5) is 65.4. The molecule has 0 aliphatic rings. The van der Waals surface area contributed by atoms with E-state index in [9.17, 15) is 37.5 Å². The summed E-state index contributed by atoms with van der Waals surface area (Å²) in [6, 6.07) is 5.37. The van der Waals surface area contributed by atoms with Crippen LogP contribution in [0.2, 0.25) is 0 Å². The number of ether oxygens (including phenoxy) is 1. The summed E-state index contributed by atoms with van der Waals surface area (Å²) < 4.78 is 29.8. The lowest BCUT2D eigenvalue weighted by molar-refractivity contribution is -0.132. The van der Waals surface area contributed by atoms with Gasteiger partial charge in [-0.1, -0.05) is 78.8 Å². The summed E-state index contributed by atoms with van der Waals surface area (Å²) in [5, 5.41) is 25.0. The number of carbonyl (C=O) groups is 5. The van der Waals surface area contributed by atoms with Crippen molar-refractivity contribution in [3.63, 3.8) is 0 Å². The van der Waals surface area contributed by atoms with Crippen molar-refractivity contribution < 1.29 is 42.2 Å². The summed E-state index contributed by atoms with van der Waals surface area (Å²) in [5.74, 6) is -4.08. The van der Waals surface area contributed by atoms with Crippen molar-refractivity contribution >= 4 is 39.4 Å². The van der Waals surface area contributed by atoms with Gasteiger partial charge in [0.2, 0.25) is 17.7 Å². The van der Waals surface area contributed by atoms with Crippen molar-refractivity contribution in [1.29, 1.82) is 0 Å². The van der Waals surface area contributed by atoms with Crippen LogP contribution in [0.3, 0.4) is 0 Å². The van der Waals surface area contributed by atoms with Crippen LogP contribution in [-0.4, -0.2) is 97.5 Å². The highest BCUT2D eigenvalue weighted by Gasteiger charge is 2.33. The molecule has 4 amide bonds. The van der Waals surface area contributed by atoms with E-state index in [-0.39, 0.29) is 24.2 Å². The topological polar surface area (TPSA) is 209 Å². The zero-order valence-electron chi connectivity index (χ0n) is 32.7. The lowest BCUT2D eigenvalue weighted by atomic mass is 9.92. The predicted octanol–water partition coefficient (Wildman–Crippen LogP) is 2.48. The zero-order chi connectivity index (χ0) is 40.0. The molecule has 0 aromatic heterocycles. The Bertz CT molecular complexity index is 1430. The van der Waals surface area contributed by atoms with Crippen LogP contribution in [-0.2, 0) is 40.3 Å². The van der Waals surface area contributed by atoms with E-state index in [0.29, 0.717) is 13.0 Å². The number of amides is 4. The van der Waals surface area contributed by atoms with Crippen LogP contribution in [0, 0.1) is 23.7 Å². The number of sulfone groups is 1. The molecule has 0 fully saturated rings. The van der Waals surface area contributed by atoms with Crippen LogP contribution in [0.15, 0.2) is 30.3 Å². The van der Waals surface area contributed by atoms with Gasteiger partial charge in [0.1, 0.15) is 33.6 Å². The van der Waals surface area contributed by atoms with Gasteiger partial charge < -0.3 is 36.4 Å². The number of hydrogen-bond acceptors (Lipinski definition) is 10. The van der Waals surface area contributed by atoms with Crippen LogP contribution < -0.4 is 26.6 Å². The second kappa shape index (κ2) is 21.2. The van der Waals surface area contributed by atoms with E-state index in [2.05, 4.69) is 26.6 Å². The fourth-order valence-electron chi connectivity index (χ4n) is 5.35. The maximum absolute atomic E-state index is 13.5. The Kier molecular flexibility index (Phi) is 19.0. The number of Topliss-reactive ketones (excluding diaryl/α,β-unsaturated/α-hetero) is 1. The fourth-order valence-corrected chi connectivity index (χ4v) is 6.22. The van der Waals surface area contributed by atoms with E-state index in [1.165, 1.54) is 0 Å². The van der Waals surface area contributed by atoms with Gasteiger partial charge in [-0.05, 0) is 56.9 Å². The molecule has 0 aliphatic heterocycles. The molecule has 0 aliphatic carbocycles. The first-order chi connectivity index (χ1) is 23.9. The van der Waals surface area contributed by atoms with Crippen LogP contribution in [0.5, 0.6) is 0 Å². The molecule has 52 heavy (non-hydrogen) atoms. The molecular weight excluding hydrogens is 690 g/mol. The van der Waals surface area contributed by atoms with Gasteiger partial charge in [-0.2, -0.15) is 0 Å². The quantitative estimate of drug-likeness (QED) is 0.108. The van der Waals surface area contributed by atoms with E-state index >= 15 is 0 Å². The van der Waals surface area contributed by atoms with Crippen molar-refractivity contribution in [1.82, 2.24) is 26.6 Å². The van der Waals surface area contributed by atoms with E-state index < -0.39 is 93.5 Å². The van der Waals surface area contributed by atoms with Gasteiger partial charge in [-0.15, -0.1) is 0 Å². The third kappa shape index (κ3) is 18.3. The number of alkyl carbamates (subject to hydrolysis) is 1. The molecule has 0 heterocycles. The number of hydrogen-bond donors (Lipinski definition) is 6. The number of aliphatic hydroxyl groups excluding tert-OH is 1. The average Bonchev–Trinajstić information content (AvgIpc) is 3.00. The highest BCUT2D eigenvalue weighted by atomic mass is 32.2. The van der Waals surface area contributed by atoms with Gasteiger partial charge in [0, 0.05) is 24.8 Å². The number of rotatable bonds is 21. The third-order valence-corrected chi connectivity index (χ3v) is 9.06. The molecule has 1 aromatic carbocycles. The minimum absolute atomic E-state index is 0.0107. The average molecular weight is 754 g/mol. The molecule has 0 spiro atoms. The first kappa shape index (κ1) is 46.5. The number of benzene rings is 1. The van der Waals surface area contributed by atoms with E-state index in [1.807, 2.05) is 58.0 Å². The van der Waals surface area contributed by atoms with Crippen molar-refractivity contribution in [2.75, 3.05) is 18.6 Å². The molecule has 1 rings (SSSR count). The van der Waals surface area contributed by atoms with Crippen molar-refractivity contribution in [3.05, 3.63) is 35.9 Å². The SMILES string of the molecule is CC(C)C[C@H](NCC(=O)[C@H](CS(C)(=O)=O)NC(=O)[C@@H](NC(=O)OC(C)(C)C)C(C)C)[C@@H](O)C[C@@H](C)C(=O)N[C@@H](C(=O)NCc1ccccc1)C(C)C. The zero-order valence-corrected chi connectivity index (χ0v) is 33.6. The summed E-state index contributed by atoms with van der Waals surface area (Å²) in [6.07, 6.45) is -0.561. The summed E-state index contributed by atoms with van der Waals surface area (Å²) in [7, 11) is -3.74. The van der Waals surface area contributed by atoms with Gasteiger partial charge in [0.25, 0.3) is 0 Å². The Morgan fingerprint density at radius 3 is 1.85 bits per heavy atom. The van der Waals surface area contributed by atoms with Gasteiger partial charge in [-0.3, -0.25) is 19.2 Å². The Morgan fingerprint density at radius 1 is 0.788 bits per heavy atom.